The van der Waals surface area contributed by atoms with Gasteiger partial charge in [0.2, 0.25) is 0 Å². The van der Waals surface area contributed by atoms with Gasteiger partial charge >= 0.3 is 18.4 Å². The minimum atomic E-state index is -4.91. The summed E-state index contributed by atoms with van der Waals surface area (Å²) in [6, 6.07) is 2.44. The number of urea groups is 1. The standard InChI is InChI=1S/C12H13F3N2O4/c1-17(2)11(20)16-6-7-3-4-8(21-12(13,14)15)5-9(7)10(18)19/h3-5H,6H2,1-2H3,(H,16,20)(H,18,19). The first-order valence-electron chi connectivity index (χ1n) is 5.67. The summed E-state index contributed by atoms with van der Waals surface area (Å²) < 4.78 is 39.9. The molecule has 116 valence electrons. The number of hydrogen-bond acceptors (Lipinski definition) is 3. The van der Waals surface area contributed by atoms with Crippen molar-refractivity contribution in [1.82, 2.24) is 10.2 Å². The Labute approximate surface area is 118 Å². The molecule has 21 heavy (non-hydrogen) atoms. The Hall–Kier alpha value is -2.45. The van der Waals surface area contributed by atoms with Crippen LogP contribution in [0.3, 0.4) is 0 Å². The number of hydrogen-bond donors (Lipinski definition) is 2. The number of carbonyl (C=O) groups is 2. The van der Waals surface area contributed by atoms with Crippen LogP contribution in [0.5, 0.6) is 5.75 Å². The summed E-state index contributed by atoms with van der Waals surface area (Å²) in [5.41, 5.74) is -0.219. The van der Waals surface area contributed by atoms with Gasteiger partial charge in [0.15, 0.2) is 0 Å². The molecule has 0 saturated heterocycles. The van der Waals surface area contributed by atoms with Crippen LogP contribution >= 0.6 is 0 Å². The highest BCUT2D eigenvalue weighted by atomic mass is 19.4. The van der Waals surface area contributed by atoms with Gasteiger partial charge < -0.3 is 20.1 Å². The van der Waals surface area contributed by atoms with Crippen molar-refractivity contribution in [2.24, 2.45) is 0 Å². The van der Waals surface area contributed by atoms with Crippen molar-refractivity contribution < 1.29 is 32.6 Å². The fourth-order valence-corrected chi connectivity index (χ4v) is 1.43. The molecule has 0 fully saturated rings. The Morgan fingerprint density at radius 1 is 1.33 bits per heavy atom. The average Bonchev–Trinajstić information content (AvgIpc) is 2.34. The van der Waals surface area contributed by atoms with Gasteiger partial charge in [0, 0.05) is 20.6 Å². The van der Waals surface area contributed by atoms with Crippen molar-refractivity contribution in [3.05, 3.63) is 29.3 Å². The number of nitrogens with one attached hydrogen (secondary N) is 1. The van der Waals surface area contributed by atoms with E-state index in [0.29, 0.717) is 0 Å². The molecular weight excluding hydrogens is 293 g/mol. The zero-order chi connectivity index (χ0) is 16.2. The molecule has 0 heterocycles. The molecule has 0 bridgehead atoms. The molecular formula is C12H13F3N2O4. The van der Waals surface area contributed by atoms with E-state index < -0.39 is 24.1 Å². The average molecular weight is 306 g/mol. The van der Waals surface area contributed by atoms with Gasteiger partial charge in [-0.3, -0.25) is 0 Å². The second-order valence-electron chi connectivity index (χ2n) is 4.23. The summed E-state index contributed by atoms with van der Waals surface area (Å²) in [4.78, 5) is 23.6. The highest BCUT2D eigenvalue weighted by molar-refractivity contribution is 5.90. The van der Waals surface area contributed by atoms with Gasteiger partial charge in [0.05, 0.1) is 5.56 Å². The first-order chi connectivity index (χ1) is 9.60. The van der Waals surface area contributed by atoms with Crippen molar-refractivity contribution in [2.75, 3.05) is 14.1 Å². The molecule has 0 unspecified atom stereocenters. The SMILES string of the molecule is CN(C)C(=O)NCc1ccc(OC(F)(F)F)cc1C(=O)O. The molecule has 0 radical (unpaired) electrons. The Morgan fingerprint density at radius 2 is 1.95 bits per heavy atom. The van der Waals surface area contributed by atoms with Gasteiger partial charge in [-0.1, -0.05) is 6.07 Å². The van der Waals surface area contributed by atoms with Crippen molar-refractivity contribution in [1.29, 1.82) is 0 Å². The predicted molar refractivity (Wildman–Crippen MR) is 66.0 cm³/mol. The van der Waals surface area contributed by atoms with Crippen LogP contribution in [0.15, 0.2) is 18.2 Å². The highest BCUT2D eigenvalue weighted by Crippen LogP contribution is 2.25. The van der Waals surface area contributed by atoms with Crippen LogP contribution in [0, 0.1) is 0 Å². The highest BCUT2D eigenvalue weighted by Gasteiger charge is 2.31. The van der Waals surface area contributed by atoms with Crippen LogP contribution in [0.1, 0.15) is 15.9 Å². The molecule has 9 heteroatoms. The molecule has 0 saturated carbocycles. The molecule has 1 aromatic rings. The number of carboxylic acids is 1. The third-order valence-electron chi connectivity index (χ3n) is 2.38. The Kier molecular flexibility index (Phi) is 5.01. The van der Waals surface area contributed by atoms with E-state index in [-0.39, 0.29) is 17.7 Å². The van der Waals surface area contributed by atoms with Crippen molar-refractivity contribution in [3.63, 3.8) is 0 Å². The van der Waals surface area contributed by atoms with Crippen LogP contribution in [0.25, 0.3) is 0 Å². The smallest absolute Gasteiger partial charge is 0.478 e. The van der Waals surface area contributed by atoms with Gasteiger partial charge in [0.1, 0.15) is 5.75 Å². The molecule has 2 amide bonds. The number of rotatable bonds is 4. The molecule has 6 nitrogen and oxygen atoms in total. The minimum absolute atomic E-state index is 0.134. The molecule has 0 aliphatic rings. The van der Waals surface area contributed by atoms with Crippen LogP contribution in [0.4, 0.5) is 18.0 Å². The monoisotopic (exact) mass is 306 g/mol. The number of nitrogens with zero attached hydrogens (tertiary/aromatic N) is 1. The third-order valence-corrected chi connectivity index (χ3v) is 2.38. The Morgan fingerprint density at radius 3 is 2.43 bits per heavy atom. The first-order valence-corrected chi connectivity index (χ1v) is 5.67. The lowest BCUT2D eigenvalue weighted by Gasteiger charge is -2.14. The molecule has 0 aliphatic heterocycles. The maximum atomic E-state index is 12.1. The summed E-state index contributed by atoms with van der Waals surface area (Å²) in [7, 11) is 2.99. The predicted octanol–water partition coefficient (Wildman–Crippen LogP) is 2.05. The summed E-state index contributed by atoms with van der Waals surface area (Å²) >= 11 is 0. The lowest BCUT2D eigenvalue weighted by atomic mass is 10.1. The largest absolute Gasteiger partial charge is 0.573 e. The summed E-state index contributed by atoms with van der Waals surface area (Å²) in [6.45, 7) is -0.134. The second kappa shape index (κ2) is 6.33. The minimum Gasteiger partial charge on any atom is -0.478 e. The summed E-state index contributed by atoms with van der Waals surface area (Å²) in [6.07, 6.45) is -4.91. The van der Waals surface area contributed by atoms with Crippen LogP contribution in [0.2, 0.25) is 0 Å². The molecule has 1 rings (SSSR count). The number of benzene rings is 1. The zero-order valence-electron chi connectivity index (χ0n) is 11.2. The normalized spacial score (nSPS) is 10.9. The van der Waals surface area contributed by atoms with Gasteiger partial charge in [-0.15, -0.1) is 13.2 Å². The van der Waals surface area contributed by atoms with E-state index in [2.05, 4.69) is 10.1 Å². The molecule has 0 spiro atoms. The Balaban J connectivity index is 2.95. The van der Waals surface area contributed by atoms with Gasteiger partial charge in [-0.2, -0.15) is 0 Å². The lowest BCUT2D eigenvalue weighted by molar-refractivity contribution is -0.274. The van der Waals surface area contributed by atoms with Crippen molar-refractivity contribution in [3.8, 4) is 5.75 Å². The number of ether oxygens (including phenoxy) is 1. The van der Waals surface area contributed by atoms with Crippen LogP contribution < -0.4 is 10.1 Å². The van der Waals surface area contributed by atoms with Crippen LogP contribution in [-0.4, -0.2) is 42.5 Å². The number of carbonyl (C=O) groups excluding carboxylic acids is 1. The third kappa shape index (κ3) is 5.21. The molecule has 1 aromatic carbocycles. The lowest BCUT2D eigenvalue weighted by Crippen LogP contribution is -2.34. The first kappa shape index (κ1) is 16.6. The fourth-order valence-electron chi connectivity index (χ4n) is 1.43. The van der Waals surface area contributed by atoms with Crippen LogP contribution in [-0.2, 0) is 6.54 Å². The van der Waals surface area contributed by atoms with Gasteiger partial charge in [0.25, 0.3) is 0 Å². The number of amides is 2. The molecule has 0 aliphatic carbocycles. The van der Waals surface area contributed by atoms with E-state index in [0.717, 1.165) is 18.2 Å². The molecule has 0 atom stereocenters. The number of alkyl halides is 3. The quantitative estimate of drug-likeness (QED) is 0.892. The van der Waals surface area contributed by atoms with E-state index in [1.807, 2.05) is 0 Å². The molecule has 0 aromatic heterocycles. The van der Waals surface area contributed by atoms with Gasteiger partial charge in [-0.25, -0.2) is 9.59 Å². The van der Waals surface area contributed by atoms with Crippen molar-refractivity contribution >= 4 is 12.0 Å². The maximum absolute atomic E-state index is 12.1. The van der Waals surface area contributed by atoms with E-state index >= 15 is 0 Å². The number of aromatic carboxylic acids is 1. The fraction of sp³-hybridized carbons (Fsp3) is 0.333. The van der Waals surface area contributed by atoms with E-state index in [1.165, 1.54) is 19.0 Å². The van der Waals surface area contributed by atoms with E-state index in [9.17, 15) is 22.8 Å². The van der Waals surface area contributed by atoms with Gasteiger partial charge in [-0.05, 0) is 17.7 Å². The van der Waals surface area contributed by atoms with E-state index in [1.54, 1.807) is 0 Å². The maximum Gasteiger partial charge on any atom is 0.573 e. The Bertz CT molecular complexity index is 544. The zero-order valence-corrected chi connectivity index (χ0v) is 11.2. The molecule has 2 N–H and O–H groups in total. The van der Waals surface area contributed by atoms with Crippen molar-refractivity contribution in [2.45, 2.75) is 12.9 Å². The topological polar surface area (TPSA) is 78.9 Å². The summed E-state index contributed by atoms with van der Waals surface area (Å²) in [5.74, 6) is -2.06. The second-order valence-corrected chi connectivity index (χ2v) is 4.23. The number of halogens is 3. The number of carboxylic acid groups (broad SMARTS) is 1. The van der Waals surface area contributed by atoms with E-state index in [4.69, 9.17) is 5.11 Å². The summed E-state index contributed by atoms with van der Waals surface area (Å²) in [5, 5.41) is 11.4.